The fourth-order valence-electron chi connectivity index (χ4n) is 4.33. The molecule has 216 valence electrons. The topological polar surface area (TPSA) is 106 Å². The van der Waals surface area contributed by atoms with Gasteiger partial charge in [-0.05, 0) is 59.9 Å². The fraction of sp³-hybridized carbons (Fsp3) is 0.233. The molecule has 1 N–H and O–H groups in total. The van der Waals surface area contributed by atoms with E-state index in [-0.39, 0.29) is 16.5 Å². The minimum Gasteiger partial charge on any atom is -0.507 e. The lowest BCUT2D eigenvalue weighted by atomic mass is 9.95. The number of aliphatic hydroxyl groups is 1. The van der Waals surface area contributed by atoms with Crippen molar-refractivity contribution >= 4 is 68.9 Å². The lowest BCUT2D eigenvalue weighted by Crippen LogP contribution is -2.29. The van der Waals surface area contributed by atoms with Gasteiger partial charge in [-0.2, -0.15) is 0 Å². The summed E-state index contributed by atoms with van der Waals surface area (Å²) in [7, 11) is 0. The molecule has 0 aliphatic carbocycles. The molecular formula is C30H26Cl2N4O4S2. The first-order valence-electron chi connectivity index (χ1n) is 13.1. The standard InChI is InChI=1S/C30H26Cl2N4O4S2/c1-17(2)10-13-40-22-5-3-4-19(14-22)25-24(26(37)18-8-11-33-12-9-18)27(38)28(39)36(25)29-34-35-30(42-29)41-16-20-6-7-21(31)15-23(20)32/h3-9,11-12,14-15,17,25,37H,10,13,16H2,1-2H3/b26-24+. The summed E-state index contributed by atoms with van der Waals surface area (Å²) in [6, 6.07) is 14.7. The van der Waals surface area contributed by atoms with Gasteiger partial charge in [0.05, 0.1) is 18.2 Å². The molecule has 1 amide bonds. The summed E-state index contributed by atoms with van der Waals surface area (Å²) in [6.45, 7) is 4.75. The Morgan fingerprint density at radius 3 is 2.62 bits per heavy atom. The van der Waals surface area contributed by atoms with Gasteiger partial charge in [0.25, 0.3) is 5.78 Å². The third kappa shape index (κ3) is 6.62. The molecule has 3 heterocycles. The maximum Gasteiger partial charge on any atom is 0.301 e. The van der Waals surface area contributed by atoms with Gasteiger partial charge in [-0.25, -0.2) is 0 Å². The predicted octanol–water partition coefficient (Wildman–Crippen LogP) is 7.58. The van der Waals surface area contributed by atoms with Crippen LogP contribution in [0.1, 0.15) is 43.0 Å². The molecule has 1 aliphatic rings. The second-order valence-corrected chi connectivity index (χ2v) is 12.9. The van der Waals surface area contributed by atoms with Crippen molar-refractivity contribution in [3.05, 3.63) is 99.3 Å². The number of benzene rings is 2. The van der Waals surface area contributed by atoms with E-state index in [1.165, 1.54) is 40.4 Å². The van der Waals surface area contributed by atoms with Gasteiger partial charge in [-0.1, -0.05) is 78.3 Å². The summed E-state index contributed by atoms with van der Waals surface area (Å²) >= 11 is 14.9. The number of rotatable bonds is 10. The number of amides is 1. The SMILES string of the molecule is CC(C)CCOc1cccc(C2/C(=C(\O)c3ccncc3)C(=O)C(=O)N2c2nnc(SCc3ccc(Cl)cc3Cl)s2)c1. The molecule has 0 saturated carbocycles. The first-order chi connectivity index (χ1) is 20.2. The van der Waals surface area contributed by atoms with Crippen LogP contribution in [0, 0.1) is 5.92 Å². The van der Waals surface area contributed by atoms with Crippen LogP contribution in [0.4, 0.5) is 5.13 Å². The Hall–Kier alpha value is -3.44. The highest BCUT2D eigenvalue weighted by Crippen LogP contribution is 2.44. The third-order valence-electron chi connectivity index (χ3n) is 6.50. The molecule has 2 aromatic carbocycles. The second kappa shape index (κ2) is 13.2. The summed E-state index contributed by atoms with van der Waals surface area (Å²) in [5.74, 6) is -0.361. The molecule has 0 spiro atoms. The van der Waals surface area contributed by atoms with Crippen molar-refractivity contribution in [2.24, 2.45) is 5.92 Å². The maximum absolute atomic E-state index is 13.5. The van der Waals surface area contributed by atoms with Crippen molar-refractivity contribution in [1.29, 1.82) is 0 Å². The van der Waals surface area contributed by atoms with Gasteiger partial charge in [0.15, 0.2) is 4.34 Å². The molecule has 42 heavy (non-hydrogen) atoms. The normalized spacial score (nSPS) is 16.4. The summed E-state index contributed by atoms with van der Waals surface area (Å²) in [5, 5.41) is 21.1. The Bertz CT molecular complexity index is 1650. The van der Waals surface area contributed by atoms with E-state index in [0.717, 1.165) is 12.0 Å². The largest absolute Gasteiger partial charge is 0.507 e. The molecule has 0 bridgehead atoms. The van der Waals surface area contributed by atoms with Gasteiger partial charge >= 0.3 is 5.91 Å². The Balaban J connectivity index is 1.51. The number of aromatic nitrogens is 3. The van der Waals surface area contributed by atoms with Gasteiger partial charge in [0, 0.05) is 33.8 Å². The van der Waals surface area contributed by atoms with Crippen LogP contribution in [0.2, 0.25) is 10.0 Å². The molecule has 5 rings (SSSR count). The van der Waals surface area contributed by atoms with Crippen molar-refractivity contribution in [2.75, 3.05) is 11.5 Å². The molecule has 8 nitrogen and oxygen atoms in total. The Morgan fingerprint density at radius 1 is 1.10 bits per heavy atom. The van der Waals surface area contributed by atoms with E-state index in [2.05, 4.69) is 29.0 Å². The Labute approximate surface area is 261 Å². The van der Waals surface area contributed by atoms with E-state index in [0.29, 0.717) is 49.5 Å². The number of hydrogen-bond acceptors (Lipinski definition) is 9. The number of nitrogens with zero attached hydrogens (tertiary/aromatic N) is 4. The van der Waals surface area contributed by atoms with Crippen LogP contribution < -0.4 is 9.64 Å². The molecular weight excluding hydrogens is 615 g/mol. The molecule has 12 heteroatoms. The minimum atomic E-state index is -0.955. The van der Waals surface area contributed by atoms with Crippen LogP contribution >= 0.6 is 46.3 Å². The number of aliphatic hydroxyl groups excluding tert-OH is 1. The monoisotopic (exact) mass is 640 g/mol. The molecule has 1 saturated heterocycles. The van der Waals surface area contributed by atoms with Crippen LogP contribution in [0.5, 0.6) is 5.75 Å². The Kier molecular flexibility index (Phi) is 9.47. The Morgan fingerprint density at radius 2 is 1.88 bits per heavy atom. The molecule has 0 radical (unpaired) electrons. The van der Waals surface area contributed by atoms with E-state index >= 15 is 0 Å². The third-order valence-corrected chi connectivity index (χ3v) is 9.20. The first kappa shape index (κ1) is 30.0. The summed E-state index contributed by atoms with van der Waals surface area (Å²) in [6.07, 6.45) is 3.88. The highest BCUT2D eigenvalue weighted by atomic mass is 35.5. The maximum atomic E-state index is 13.5. The molecule has 4 aromatic rings. The van der Waals surface area contributed by atoms with Gasteiger partial charge in [-0.3, -0.25) is 19.5 Å². The highest BCUT2D eigenvalue weighted by Gasteiger charge is 2.48. The molecule has 2 aromatic heterocycles. The fourth-order valence-corrected chi connectivity index (χ4v) is 6.76. The van der Waals surface area contributed by atoms with Crippen molar-refractivity contribution in [1.82, 2.24) is 15.2 Å². The average molecular weight is 642 g/mol. The van der Waals surface area contributed by atoms with Crippen LogP contribution in [-0.4, -0.2) is 38.6 Å². The molecule has 1 unspecified atom stereocenters. The molecule has 1 fully saturated rings. The van der Waals surface area contributed by atoms with Crippen LogP contribution in [0.3, 0.4) is 0 Å². The number of Topliss-reactive ketones (excluding diaryl/α,β-unsaturated/α-hetero) is 1. The first-order valence-corrected chi connectivity index (χ1v) is 15.6. The lowest BCUT2D eigenvalue weighted by molar-refractivity contribution is -0.132. The summed E-state index contributed by atoms with van der Waals surface area (Å²) < 4.78 is 6.54. The second-order valence-electron chi connectivity index (χ2n) is 9.88. The number of thioether (sulfide) groups is 1. The average Bonchev–Trinajstić information content (AvgIpc) is 3.54. The van der Waals surface area contributed by atoms with Crippen molar-refractivity contribution < 1.29 is 19.4 Å². The van der Waals surface area contributed by atoms with Gasteiger partial charge in [0.2, 0.25) is 5.13 Å². The van der Waals surface area contributed by atoms with E-state index in [4.69, 9.17) is 27.9 Å². The zero-order valence-corrected chi connectivity index (χ0v) is 25.8. The summed E-state index contributed by atoms with van der Waals surface area (Å²) in [4.78, 5) is 32.3. The zero-order valence-electron chi connectivity index (χ0n) is 22.7. The van der Waals surface area contributed by atoms with E-state index in [1.54, 1.807) is 42.5 Å². The zero-order chi connectivity index (χ0) is 29.8. The van der Waals surface area contributed by atoms with E-state index in [9.17, 15) is 14.7 Å². The van der Waals surface area contributed by atoms with Gasteiger partial charge < -0.3 is 9.84 Å². The number of pyridine rings is 1. The van der Waals surface area contributed by atoms with Crippen molar-refractivity contribution in [2.45, 2.75) is 36.4 Å². The van der Waals surface area contributed by atoms with E-state index < -0.39 is 17.7 Å². The van der Waals surface area contributed by atoms with Crippen LogP contribution in [0.15, 0.2) is 76.9 Å². The number of ether oxygens (including phenoxy) is 1. The summed E-state index contributed by atoms with van der Waals surface area (Å²) in [5.41, 5.74) is 1.77. The quantitative estimate of drug-likeness (QED) is 0.0621. The predicted molar refractivity (Wildman–Crippen MR) is 166 cm³/mol. The number of halogens is 2. The van der Waals surface area contributed by atoms with Gasteiger partial charge in [0.1, 0.15) is 11.5 Å². The smallest absolute Gasteiger partial charge is 0.301 e. The molecule has 1 aliphatic heterocycles. The van der Waals surface area contributed by atoms with Crippen LogP contribution in [0.25, 0.3) is 5.76 Å². The number of carbonyl (C=O) groups excluding carboxylic acids is 2. The van der Waals surface area contributed by atoms with Gasteiger partial charge in [-0.15, -0.1) is 10.2 Å². The van der Waals surface area contributed by atoms with Crippen molar-refractivity contribution in [3.8, 4) is 5.75 Å². The number of ketones is 1. The highest BCUT2D eigenvalue weighted by molar-refractivity contribution is 8.00. The lowest BCUT2D eigenvalue weighted by Gasteiger charge is -2.23. The van der Waals surface area contributed by atoms with E-state index in [1.807, 2.05) is 12.1 Å². The number of anilines is 1. The van der Waals surface area contributed by atoms with Crippen LogP contribution in [-0.2, 0) is 15.3 Å². The number of carbonyl (C=O) groups is 2. The number of hydrogen-bond donors (Lipinski definition) is 1. The molecule has 1 atom stereocenters. The van der Waals surface area contributed by atoms with Crippen molar-refractivity contribution in [3.63, 3.8) is 0 Å². The minimum absolute atomic E-state index is 0.0529.